The molecule has 0 aliphatic heterocycles. The minimum atomic E-state index is 0.197. The highest BCUT2D eigenvalue weighted by molar-refractivity contribution is 7.11. The Morgan fingerprint density at radius 3 is 2.90 bits per heavy atom. The highest BCUT2D eigenvalue weighted by Crippen LogP contribution is 2.31. The topological polar surface area (TPSA) is 37.8 Å². The highest BCUT2D eigenvalue weighted by Gasteiger charge is 2.18. The first-order chi connectivity index (χ1) is 10.3. The van der Waals surface area contributed by atoms with Crippen LogP contribution in [0.1, 0.15) is 34.8 Å². The summed E-state index contributed by atoms with van der Waals surface area (Å²) < 4.78 is 0. The van der Waals surface area contributed by atoms with Crippen molar-refractivity contribution in [1.82, 2.24) is 15.3 Å². The van der Waals surface area contributed by atoms with Gasteiger partial charge in [-0.1, -0.05) is 25.1 Å². The van der Waals surface area contributed by atoms with Crippen molar-refractivity contribution < 1.29 is 0 Å². The van der Waals surface area contributed by atoms with E-state index in [1.807, 2.05) is 18.6 Å². The summed E-state index contributed by atoms with van der Waals surface area (Å²) in [5.74, 6) is 0. The lowest BCUT2D eigenvalue weighted by Crippen LogP contribution is -2.22. The zero-order valence-electron chi connectivity index (χ0n) is 12.3. The number of rotatable bonds is 5. The molecule has 0 aliphatic carbocycles. The second-order valence-electron chi connectivity index (χ2n) is 5.11. The van der Waals surface area contributed by atoms with E-state index in [0.29, 0.717) is 0 Å². The number of fused-ring (bicyclic) bond motifs is 1. The van der Waals surface area contributed by atoms with Crippen LogP contribution in [0, 0.1) is 6.92 Å². The molecule has 108 valence electrons. The summed E-state index contributed by atoms with van der Waals surface area (Å²) in [4.78, 5) is 9.91. The van der Waals surface area contributed by atoms with E-state index < -0.39 is 0 Å². The van der Waals surface area contributed by atoms with Crippen molar-refractivity contribution >= 4 is 22.1 Å². The van der Waals surface area contributed by atoms with Crippen molar-refractivity contribution in [3.8, 4) is 0 Å². The Kier molecular flexibility index (Phi) is 4.27. The molecular weight excluding hydrogens is 278 g/mol. The van der Waals surface area contributed by atoms with Crippen molar-refractivity contribution in [3.05, 3.63) is 58.3 Å². The van der Waals surface area contributed by atoms with E-state index in [9.17, 15) is 0 Å². The Balaban J connectivity index is 2.09. The molecule has 0 bridgehead atoms. The van der Waals surface area contributed by atoms with Gasteiger partial charge in [0, 0.05) is 28.9 Å². The molecule has 0 saturated carbocycles. The third-order valence-corrected chi connectivity index (χ3v) is 4.53. The summed E-state index contributed by atoms with van der Waals surface area (Å²) in [6.07, 6.45) is 6.89. The Bertz CT molecular complexity index is 730. The van der Waals surface area contributed by atoms with Gasteiger partial charge in [-0.05, 0) is 36.9 Å². The van der Waals surface area contributed by atoms with Crippen molar-refractivity contribution in [2.24, 2.45) is 0 Å². The molecule has 0 saturated heterocycles. The van der Waals surface area contributed by atoms with Gasteiger partial charge in [0.15, 0.2) is 0 Å². The number of hydrogen-bond acceptors (Lipinski definition) is 4. The molecule has 1 atom stereocenters. The molecule has 1 unspecified atom stereocenters. The zero-order chi connectivity index (χ0) is 14.7. The third kappa shape index (κ3) is 2.96. The summed E-state index contributed by atoms with van der Waals surface area (Å²) in [7, 11) is 0. The van der Waals surface area contributed by atoms with Gasteiger partial charge in [-0.3, -0.25) is 4.98 Å². The maximum absolute atomic E-state index is 4.42. The molecule has 3 nitrogen and oxygen atoms in total. The molecule has 0 spiro atoms. The number of thiazole rings is 1. The maximum atomic E-state index is 4.42. The summed E-state index contributed by atoms with van der Waals surface area (Å²) in [5.41, 5.74) is 1.30. The average Bonchev–Trinajstić information content (AvgIpc) is 2.94. The predicted octanol–water partition coefficient (Wildman–Crippen LogP) is 4.09. The zero-order valence-corrected chi connectivity index (χ0v) is 13.2. The van der Waals surface area contributed by atoms with E-state index >= 15 is 0 Å². The van der Waals surface area contributed by atoms with Crippen LogP contribution in [-0.2, 0) is 0 Å². The summed E-state index contributed by atoms with van der Waals surface area (Å²) in [6.45, 7) is 5.23. The van der Waals surface area contributed by atoms with Crippen LogP contribution in [0.2, 0.25) is 0 Å². The Morgan fingerprint density at radius 1 is 1.24 bits per heavy atom. The minimum Gasteiger partial charge on any atom is -0.306 e. The molecule has 0 amide bonds. The molecule has 2 aromatic heterocycles. The van der Waals surface area contributed by atoms with E-state index in [2.05, 4.69) is 53.4 Å². The summed E-state index contributed by atoms with van der Waals surface area (Å²) >= 11 is 1.76. The lowest BCUT2D eigenvalue weighted by molar-refractivity contribution is 0.608. The van der Waals surface area contributed by atoms with Crippen molar-refractivity contribution in [1.29, 1.82) is 0 Å². The van der Waals surface area contributed by atoms with E-state index in [1.165, 1.54) is 21.2 Å². The van der Waals surface area contributed by atoms with Gasteiger partial charge >= 0.3 is 0 Å². The van der Waals surface area contributed by atoms with Crippen LogP contribution >= 0.6 is 11.3 Å². The number of aromatic nitrogens is 2. The van der Waals surface area contributed by atoms with E-state index in [1.54, 1.807) is 11.3 Å². The first-order valence-electron chi connectivity index (χ1n) is 7.28. The highest BCUT2D eigenvalue weighted by atomic mass is 32.1. The van der Waals surface area contributed by atoms with Gasteiger partial charge in [0.05, 0.1) is 11.0 Å². The van der Waals surface area contributed by atoms with E-state index in [0.717, 1.165) is 18.0 Å². The van der Waals surface area contributed by atoms with Gasteiger partial charge in [-0.25, -0.2) is 4.98 Å². The van der Waals surface area contributed by atoms with Crippen molar-refractivity contribution in [2.45, 2.75) is 26.3 Å². The van der Waals surface area contributed by atoms with Crippen molar-refractivity contribution in [2.75, 3.05) is 6.54 Å². The molecule has 4 heteroatoms. The van der Waals surface area contributed by atoms with Crippen LogP contribution < -0.4 is 5.32 Å². The molecule has 1 aromatic carbocycles. The molecule has 3 rings (SSSR count). The molecule has 0 radical (unpaired) electrons. The first kappa shape index (κ1) is 14.2. The molecule has 3 aromatic rings. The SMILES string of the molecule is CCCNC(c1cnc(C)s1)c1cccc2cnccc12. The Labute approximate surface area is 129 Å². The number of pyridine rings is 1. The van der Waals surface area contributed by atoms with Crippen molar-refractivity contribution in [3.63, 3.8) is 0 Å². The summed E-state index contributed by atoms with van der Waals surface area (Å²) in [6, 6.07) is 8.71. The van der Waals surface area contributed by atoms with Crippen LogP contribution in [0.4, 0.5) is 0 Å². The van der Waals surface area contributed by atoms with Crippen LogP contribution in [-0.4, -0.2) is 16.5 Å². The smallest absolute Gasteiger partial charge is 0.0897 e. The standard InChI is InChI=1S/C17H19N3S/c1-3-8-19-17(16-11-20-12(2)21-16)15-6-4-5-13-10-18-9-7-14(13)15/h4-7,9-11,17,19H,3,8H2,1-2H3. The van der Waals surface area contributed by atoms with Crippen LogP contribution in [0.15, 0.2) is 42.9 Å². The van der Waals surface area contributed by atoms with Gasteiger partial charge < -0.3 is 5.32 Å². The second kappa shape index (κ2) is 6.33. The minimum absolute atomic E-state index is 0.197. The maximum Gasteiger partial charge on any atom is 0.0897 e. The average molecular weight is 297 g/mol. The second-order valence-corrected chi connectivity index (χ2v) is 6.38. The van der Waals surface area contributed by atoms with Crippen LogP contribution in [0.25, 0.3) is 10.8 Å². The van der Waals surface area contributed by atoms with Gasteiger partial charge in [-0.2, -0.15) is 0 Å². The lowest BCUT2D eigenvalue weighted by Gasteiger charge is -2.19. The van der Waals surface area contributed by atoms with Crippen LogP contribution in [0.5, 0.6) is 0 Å². The van der Waals surface area contributed by atoms with Gasteiger partial charge in [0.1, 0.15) is 0 Å². The Morgan fingerprint density at radius 2 is 2.14 bits per heavy atom. The number of benzene rings is 1. The van der Waals surface area contributed by atoms with Crippen LogP contribution in [0.3, 0.4) is 0 Å². The number of aryl methyl sites for hydroxylation is 1. The first-order valence-corrected chi connectivity index (χ1v) is 8.09. The quantitative estimate of drug-likeness (QED) is 0.771. The molecule has 1 N–H and O–H groups in total. The molecule has 0 aliphatic rings. The van der Waals surface area contributed by atoms with Gasteiger partial charge in [-0.15, -0.1) is 11.3 Å². The molecular formula is C17H19N3S. The molecule has 2 heterocycles. The molecule has 21 heavy (non-hydrogen) atoms. The van der Waals surface area contributed by atoms with E-state index in [4.69, 9.17) is 0 Å². The number of nitrogens with zero attached hydrogens (tertiary/aromatic N) is 2. The fraction of sp³-hybridized carbons (Fsp3) is 0.294. The lowest BCUT2D eigenvalue weighted by atomic mass is 9.99. The largest absolute Gasteiger partial charge is 0.306 e. The fourth-order valence-electron chi connectivity index (χ4n) is 2.56. The van der Waals surface area contributed by atoms with Gasteiger partial charge in [0.2, 0.25) is 0 Å². The fourth-order valence-corrected chi connectivity index (χ4v) is 3.44. The molecule has 0 fully saturated rings. The predicted molar refractivity (Wildman–Crippen MR) is 88.7 cm³/mol. The third-order valence-electron chi connectivity index (χ3n) is 3.55. The summed E-state index contributed by atoms with van der Waals surface area (Å²) in [5, 5.41) is 7.20. The van der Waals surface area contributed by atoms with Gasteiger partial charge in [0.25, 0.3) is 0 Å². The number of hydrogen-bond donors (Lipinski definition) is 1. The number of nitrogens with one attached hydrogen (secondary N) is 1. The monoisotopic (exact) mass is 297 g/mol. The van der Waals surface area contributed by atoms with E-state index in [-0.39, 0.29) is 6.04 Å². The normalized spacial score (nSPS) is 12.7. The Hall–Kier alpha value is -1.78.